The first-order chi connectivity index (χ1) is 13.7. The molecule has 0 aliphatic carbocycles. The van der Waals surface area contributed by atoms with Crippen LogP contribution in [0.25, 0.3) is 28.9 Å². The van der Waals surface area contributed by atoms with Gasteiger partial charge in [-0.15, -0.1) is 5.10 Å². The minimum absolute atomic E-state index is 0.0618. The molecule has 9 heteroatoms. The van der Waals surface area contributed by atoms with Crippen LogP contribution in [0.2, 0.25) is 0 Å². The van der Waals surface area contributed by atoms with E-state index < -0.39 is 0 Å². The maximum Gasteiger partial charge on any atom is 0.297 e. The van der Waals surface area contributed by atoms with Gasteiger partial charge in [-0.3, -0.25) is 4.79 Å². The van der Waals surface area contributed by atoms with Crippen LogP contribution in [-0.2, 0) is 0 Å². The maximum atomic E-state index is 12.6. The smallest absolute Gasteiger partial charge is 0.297 e. The summed E-state index contributed by atoms with van der Waals surface area (Å²) >= 11 is 0. The molecule has 1 aliphatic heterocycles. The number of carbonyl (C=O) groups is 1. The van der Waals surface area contributed by atoms with Gasteiger partial charge in [0, 0.05) is 36.1 Å². The van der Waals surface area contributed by atoms with Crippen LogP contribution in [0.3, 0.4) is 0 Å². The lowest BCUT2D eigenvalue weighted by Gasteiger charge is -2.21. The lowest BCUT2D eigenvalue weighted by Crippen LogP contribution is -2.33. The number of aromatic nitrogens is 6. The van der Waals surface area contributed by atoms with E-state index in [1.54, 1.807) is 35.1 Å². The normalized spacial score (nSPS) is 16.8. The number of rotatable bonds is 3. The van der Waals surface area contributed by atoms with E-state index in [1.807, 2.05) is 17.0 Å². The Morgan fingerprint density at radius 3 is 2.79 bits per heavy atom. The molecule has 140 valence electrons. The summed E-state index contributed by atoms with van der Waals surface area (Å²) in [6.07, 6.45) is 5.50. The van der Waals surface area contributed by atoms with Crippen molar-refractivity contribution in [2.24, 2.45) is 0 Å². The molecule has 1 aromatic carbocycles. The van der Waals surface area contributed by atoms with E-state index >= 15 is 0 Å². The van der Waals surface area contributed by atoms with Gasteiger partial charge in [0.1, 0.15) is 0 Å². The van der Waals surface area contributed by atoms with E-state index in [0.717, 1.165) is 24.9 Å². The molecule has 1 fully saturated rings. The summed E-state index contributed by atoms with van der Waals surface area (Å²) in [6, 6.07) is 9.29. The van der Waals surface area contributed by atoms with Crippen molar-refractivity contribution in [2.45, 2.75) is 25.8 Å². The number of hydrogen-bond acceptors (Lipinski definition) is 7. The number of carbonyl (C=O) groups excluding carboxylic acids is 1. The van der Waals surface area contributed by atoms with Crippen LogP contribution in [0.4, 0.5) is 0 Å². The van der Waals surface area contributed by atoms with Gasteiger partial charge in [-0.25, -0.2) is 9.50 Å². The van der Waals surface area contributed by atoms with Crippen LogP contribution in [0.1, 0.15) is 30.1 Å². The first-order valence-corrected chi connectivity index (χ1v) is 9.12. The lowest BCUT2D eigenvalue weighted by molar-refractivity contribution is 0.0747. The molecular weight excluding hydrogens is 358 g/mol. The molecule has 1 unspecified atom stereocenters. The molecule has 9 nitrogen and oxygen atoms in total. The SMILES string of the molecule is CC1CCCN1C(=O)c1ccc(-c2noc(-c3nc4ncccn4n3)n2)cc1. The first-order valence-electron chi connectivity index (χ1n) is 9.12. The zero-order valence-corrected chi connectivity index (χ0v) is 15.2. The van der Waals surface area contributed by atoms with Gasteiger partial charge in [0.05, 0.1) is 0 Å². The van der Waals surface area contributed by atoms with Crippen LogP contribution < -0.4 is 0 Å². The van der Waals surface area contributed by atoms with Gasteiger partial charge < -0.3 is 9.42 Å². The molecule has 0 bridgehead atoms. The van der Waals surface area contributed by atoms with Crippen molar-refractivity contribution in [1.82, 2.24) is 34.6 Å². The van der Waals surface area contributed by atoms with E-state index in [0.29, 0.717) is 29.0 Å². The average molecular weight is 375 g/mol. The van der Waals surface area contributed by atoms with Crippen LogP contribution in [0.5, 0.6) is 0 Å². The third-order valence-electron chi connectivity index (χ3n) is 4.94. The number of likely N-dealkylation sites (tertiary alicyclic amines) is 1. The van der Waals surface area contributed by atoms with E-state index in [9.17, 15) is 4.79 Å². The Hall–Kier alpha value is -3.62. The fourth-order valence-corrected chi connectivity index (χ4v) is 3.42. The Kier molecular flexibility index (Phi) is 3.85. The van der Waals surface area contributed by atoms with Crippen LogP contribution in [0.15, 0.2) is 47.2 Å². The molecule has 1 saturated heterocycles. The summed E-state index contributed by atoms with van der Waals surface area (Å²) < 4.78 is 6.85. The van der Waals surface area contributed by atoms with Crippen molar-refractivity contribution < 1.29 is 9.32 Å². The standard InChI is InChI=1S/C19H17N7O2/c1-12-4-2-10-25(12)18(27)14-7-5-13(6-8-14)15-21-17(28-24-15)16-22-19-20-9-3-11-26(19)23-16/h3,5-9,11-12H,2,4,10H2,1H3. The van der Waals surface area contributed by atoms with Gasteiger partial charge >= 0.3 is 0 Å². The third kappa shape index (κ3) is 2.81. The Labute approximate surface area is 160 Å². The van der Waals surface area contributed by atoms with Crippen molar-refractivity contribution >= 4 is 11.7 Å². The van der Waals surface area contributed by atoms with E-state index in [1.165, 1.54) is 0 Å². The zero-order valence-electron chi connectivity index (χ0n) is 15.2. The molecule has 3 aromatic heterocycles. The molecule has 0 saturated carbocycles. The number of amides is 1. The molecule has 1 aliphatic rings. The summed E-state index contributed by atoms with van der Waals surface area (Å²) in [5.41, 5.74) is 1.41. The summed E-state index contributed by atoms with van der Waals surface area (Å²) in [5, 5.41) is 8.28. The van der Waals surface area contributed by atoms with Crippen molar-refractivity contribution in [3.05, 3.63) is 48.3 Å². The molecule has 1 atom stereocenters. The molecule has 5 rings (SSSR count). The predicted octanol–water partition coefficient (Wildman–Crippen LogP) is 2.47. The molecule has 0 N–H and O–H groups in total. The Balaban J connectivity index is 1.39. The summed E-state index contributed by atoms with van der Waals surface area (Å²) in [6.45, 7) is 2.90. The molecule has 28 heavy (non-hydrogen) atoms. The largest absolute Gasteiger partial charge is 0.336 e. The van der Waals surface area contributed by atoms with Crippen LogP contribution >= 0.6 is 0 Å². The minimum Gasteiger partial charge on any atom is -0.336 e. The summed E-state index contributed by atoms with van der Waals surface area (Å²) in [5.74, 6) is 1.46. The second-order valence-corrected chi connectivity index (χ2v) is 6.79. The van der Waals surface area contributed by atoms with E-state index in [4.69, 9.17) is 4.52 Å². The van der Waals surface area contributed by atoms with Gasteiger partial charge in [0.15, 0.2) is 0 Å². The van der Waals surface area contributed by atoms with Gasteiger partial charge in [-0.05, 0) is 38.0 Å². The van der Waals surface area contributed by atoms with Crippen molar-refractivity contribution in [1.29, 1.82) is 0 Å². The molecule has 0 spiro atoms. The molecule has 4 aromatic rings. The number of hydrogen-bond donors (Lipinski definition) is 0. The Morgan fingerprint density at radius 2 is 2.04 bits per heavy atom. The number of benzene rings is 1. The van der Waals surface area contributed by atoms with Crippen LogP contribution in [0, 0.1) is 0 Å². The molecular formula is C19H17N7O2. The van der Waals surface area contributed by atoms with Gasteiger partial charge in [-0.2, -0.15) is 9.97 Å². The Morgan fingerprint density at radius 1 is 1.18 bits per heavy atom. The fraction of sp³-hybridized carbons (Fsp3) is 0.263. The number of fused-ring (bicyclic) bond motifs is 1. The molecule has 0 radical (unpaired) electrons. The van der Waals surface area contributed by atoms with Crippen molar-refractivity contribution in [2.75, 3.05) is 6.54 Å². The minimum atomic E-state index is 0.0618. The first kappa shape index (κ1) is 16.5. The number of nitrogens with zero attached hydrogens (tertiary/aromatic N) is 7. The second kappa shape index (κ2) is 6.52. The summed E-state index contributed by atoms with van der Waals surface area (Å²) in [7, 11) is 0. The highest BCUT2D eigenvalue weighted by molar-refractivity contribution is 5.95. The average Bonchev–Trinajstić information content (AvgIpc) is 3.46. The van der Waals surface area contributed by atoms with Gasteiger partial charge in [0.2, 0.25) is 11.6 Å². The van der Waals surface area contributed by atoms with E-state index in [2.05, 4.69) is 32.1 Å². The second-order valence-electron chi connectivity index (χ2n) is 6.79. The predicted molar refractivity (Wildman–Crippen MR) is 99.2 cm³/mol. The molecule has 1 amide bonds. The molecule has 4 heterocycles. The van der Waals surface area contributed by atoms with Gasteiger partial charge in [-0.1, -0.05) is 17.3 Å². The zero-order chi connectivity index (χ0) is 19.1. The van der Waals surface area contributed by atoms with Gasteiger partial charge in [0.25, 0.3) is 17.6 Å². The fourth-order valence-electron chi connectivity index (χ4n) is 3.42. The summed E-state index contributed by atoms with van der Waals surface area (Å²) in [4.78, 5) is 27.3. The topological polar surface area (TPSA) is 102 Å². The maximum absolute atomic E-state index is 12.6. The lowest BCUT2D eigenvalue weighted by atomic mass is 10.1. The van der Waals surface area contributed by atoms with Crippen molar-refractivity contribution in [3.8, 4) is 23.1 Å². The van der Waals surface area contributed by atoms with Crippen LogP contribution in [-0.4, -0.2) is 53.1 Å². The highest BCUT2D eigenvalue weighted by Crippen LogP contribution is 2.23. The Bertz CT molecular complexity index is 1120. The quantitative estimate of drug-likeness (QED) is 0.542. The monoisotopic (exact) mass is 375 g/mol. The van der Waals surface area contributed by atoms with E-state index in [-0.39, 0.29) is 11.8 Å². The third-order valence-corrected chi connectivity index (χ3v) is 4.94. The van der Waals surface area contributed by atoms with Crippen molar-refractivity contribution in [3.63, 3.8) is 0 Å². The highest BCUT2D eigenvalue weighted by Gasteiger charge is 2.26. The highest BCUT2D eigenvalue weighted by atomic mass is 16.5.